The third-order valence-electron chi connectivity index (χ3n) is 5.39. The summed E-state index contributed by atoms with van der Waals surface area (Å²) in [5.74, 6) is -1.26. The summed E-state index contributed by atoms with van der Waals surface area (Å²) in [5.41, 5.74) is 2.03. The van der Waals surface area contributed by atoms with Crippen molar-refractivity contribution >= 4 is 35.0 Å². The van der Waals surface area contributed by atoms with E-state index in [4.69, 9.17) is 9.84 Å². The fourth-order valence-electron chi connectivity index (χ4n) is 3.69. The van der Waals surface area contributed by atoms with E-state index in [9.17, 15) is 14.7 Å². The van der Waals surface area contributed by atoms with Gasteiger partial charge in [0, 0.05) is 30.1 Å². The first-order valence-electron chi connectivity index (χ1n) is 10.3. The highest BCUT2D eigenvalue weighted by Gasteiger charge is 2.48. The van der Waals surface area contributed by atoms with Gasteiger partial charge in [-0.1, -0.05) is 31.2 Å². The van der Waals surface area contributed by atoms with Crippen LogP contribution in [-0.4, -0.2) is 46.7 Å². The van der Waals surface area contributed by atoms with E-state index in [1.54, 1.807) is 29.7 Å². The zero-order valence-corrected chi connectivity index (χ0v) is 19.2. The Balaban J connectivity index is 1.79. The van der Waals surface area contributed by atoms with Gasteiger partial charge in [0.25, 0.3) is 0 Å². The molecule has 1 aromatic heterocycles. The molecule has 0 radical (unpaired) electrons. The number of hydrogen-bond acceptors (Lipinski definition) is 7. The third kappa shape index (κ3) is 5.33. The van der Waals surface area contributed by atoms with Crippen LogP contribution in [0.15, 0.2) is 57.5 Å². The van der Waals surface area contributed by atoms with Crippen LogP contribution in [0.4, 0.5) is 0 Å². The molecule has 3 rings (SSSR count). The van der Waals surface area contributed by atoms with Crippen LogP contribution in [0, 0.1) is 5.92 Å². The molecule has 1 saturated carbocycles. The lowest BCUT2D eigenvalue weighted by Gasteiger charge is -2.41. The van der Waals surface area contributed by atoms with Crippen LogP contribution in [0.25, 0.3) is 0 Å². The van der Waals surface area contributed by atoms with Crippen molar-refractivity contribution in [1.82, 2.24) is 4.90 Å². The topological polar surface area (TPSA) is 87.1 Å². The lowest BCUT2D eigenvalue weighted by atomic mass is 9.74. The quantitative estimate of drug-likeness (QED) is 0.398. The fourth-order valence-corrected chi connectivity index (χ4v) is 5.36. The second kappa shape index (κ2) is 10.4. The molecule has 1 aromatic rings. The molecule has 0 spiro atoms. The number of carbonyl (C=O) groups excluding carboxylic acids is 1. The molecule has 166 valence electrons. The number of aliphatic hydroxyl groups is 1. The number of hydrogen-bond donors (Lipinski definition) is 2. The minimum Gasteiger partial charge on any atom is -0.481 e. The van der Waals surface area contributed by atoms with E-state index in [1.807, 2.05) is 23.5 Å². The number of allylic oxidation sites excluding steroid dienone is 2. The van der Waals surface area contributed by atoms with E-state index in [0.29, 0.717) is 28.7 Å². The van der Waals surface area contributed by atoms with Gasteiger partial charge in [-0.2, -0.15) is 0 Å². The summed E-state index contributed by atoms with van der Waals surface area (Å²) in [5, 5.41) is 23.9. The van der Waals surface area contributed by atoms with Gasteiger partial charge in [-0.05, 0) is 47.9 Å². The number of esters is 1. The van der Waals surface area contributed by atoms with Crippen molar-refractivity contribution < 1.29 is 24.5 Å². The Bertz CT molecular complexity index is 930. The number of nitrogens with zero attached hydrogens (tertiary/aromatic N) is 1. The summed E-state index contributed by atoms with van der Waals surface area (Å²) in [6, 6.07) is 3.52. The van der Waals surface area contributed by atoms with E-state index >= 15 is 0 Å². The molecule has 3 unspecified atom stereocenters. The van der Waals surface area contributed by atoms with Gasteiger partial charge in [-0.25, -0.2) is 4.79 Å². The monoisotopic (exact) mass is 461 g/mol. The van der Waals surface area contributed by atoms with Gasteiger partial charge in [-0.15, -0.1) is 17.1 Å². The van der Waals surface area contributed by atoms with Crippen LogP contribution in [-0.2, 0) is 19.9 Å². The predicted molar refractivity (Wildman–Crippen MR) is 122 cm³/mol. The van der Waals surface area contributed by atoms with Gasteiger partial charge >= 0.3 is 11.9 Å². The van der Waals surface area contributed by atoms with Crippen molar-refractivity contribution in [3.05, 3.63) is 62.4 Å². The zero-order valence-electron chi connectivity index (χ0n) is 17.6. The Morgan fingerprint density at radius 1 is 1.45 bits per heavy atom. The van der Waals surface area contributed by atoms with Crippen molar-refractivity contribution in [2.45, 2.75) is 44.3 Å². The largest absolute Gasteiger partial charge is 0.481 e. The number of carboxylic acid groups (broad SMARTS) is 1. The molecule has 31 heavy (non-hydrogen) atoms. The molecule has 2 heterocycles. The maximum absolute atomic E-state index is 13.3. The first kappa shape index (κ1) is 23.4. The Labute approximate surface area is 190 Å². The minimum absolute atomic E-state index is 0.0354. The summed E-state index contributed by atoms with van der Waals surface area (Å²) in [7, 11) is 1.82. The highest BCUT2D eigenvalue weighted by molar-refractivity contribution is 8.06. The van der Waals surface area contributed by atoms with E-state index in [0.717, 1.165) is 18.4 Å². The average Bonchev–Trinajstić information content (AvgIpc) is 3.30. The smallest absolute Gasteiger partial charge is 0.349 e. The predicted octanol–water partition coefficient (Wildman–Crippen LogP) is 4.26. The van der Waals surface area contributed by atoms with Crippen LogP contribution < -0.4 is 0 Å². The van der Waals surface area contributed by atoms with Crippen molar-refractivity contribution in [2.75, 3.05) is 13.6 Å². The molecular weight excluding hydrogens is 434 g/mol. The SMILES string of the molecule is CCCC1CC(OC(=O)C(O)(C2=CC=C=CS2)c2cccs2)/C1=C/N(C)CCC(=O)O. The summed E-state index contributed by atoms with van der Waals surface area (Å²) >= 11 is 2.55. The van der Waals surface area contributed by atoms with Crippen LogP contribution in [0.1, 0.15) is 37.5 Å². The van der Waals surface area contributed by atoms with Crippen molar-refractivity contribution in [1.29, 1.82) is 0 Å². The van der Waals surface area contributed by atoms with Gasteiger partial charge in [-0.3, -0.25) is 4.79 Å². The summed E-state index contributed by atoms with van der Waals surface area (Å²) in [6.45, 7) is 2.48. The molecule has 0 amide bonds. The number of aliphatic carboxylic acids is 1. The molecule has 1 aliphatic heterocycles. The number of carboxylic acids is 1. The molecule has 8 heteroatoms. The molecular formula is C23H27NO5S2. The highest BCUT2D eigenvalue weighted by Crippen LogP contribution is 2.45. The summed E-state index contributed by atoms with van der Waals surface area (Å²) in [4.78, 5) is 27.0. The lowest BCUT2D eigenvalue weighted by molar-refractivity contribution is -0.169. The lowest BCUT2D eigenvalue weighted by Crippen LogP contribution is -2.44. The first-order valence-corrected chi connectivity index (χ1v) is 12.0. The Morgan fingerprint density at radius 2 is 2.26 bits per heavy atom. The number of ether oxygens (including phenoxy) is 1. The molecule has 6 nitrogen and oxygen atoms in total. The normalized spacial score (nSPS) is 23.1. The van der Waals surface area contributed by atoms with Crippen LogP contribution in [0.5, 0.6) is 0 Å². The summed E-state index contributed by atoms with van der Waals surface area (Å²) in [6.07, 6.45) is 7.53. The second-order valence-electron chi connectivity index (χ2n) is 7.66. The molecule has 1 aliphatic carbocycles. The van der Waals surface area contributed by atoms with Crippen LogP contribution in [0.2, 0.25) is 0 Å². The second-order valence-corrected chi connectivity index (χ2v) is 9.52. The van der Waals surface area contributed by atoms with Gasteiger partial charge in [0.05, 0.1) is 11.3 Å². The van der Waals surface area contributed by atoms with Gasteiger partial charge in [0.15, 0.2) is 0 Å². The molecule has 0 bridgehead atoms. The maximum Gasteiger partial charge on any atom is 0.349 e. The van der Waals surface area contributed by atoms with E-state index in [1.165, 1.54) is 23.1 Å². The maximum atomic E-state index is 13.3. The molecule has 0 saturated heterocycles. The molecule has 2 aliphatic rings. The number of thioether (sulfide) groups is 1. The number of carbonyl (C=O) groups is 2. The van der Waals surface area contributed by atoms with Crippen LogP contribution in [0.3, 0.4) is 0 Å². The molecule has 2 N–H and O–H groups in total. The van der Waals surface area contributed by atoms with Crippen molar-refractivity contribution in [2.24, 2.45) is 5.92 Å². The number of thiophene rings is 1. The summed E-state index contributed by atoms with van der Waals surface area (Å²) < 4.78 is 5.85. The fraction of sp³-hybridized carbons (Fsp3) is 0.435. The van der Waals surface area contributed by atoms with Crippen LogP contribution >= 0.6 is 23.1 Å². The van der Waals surface area contributed by atoms with Gasteiger partial charge < -0.3 is 19.8 Å². The average molecular weight is 462 g/mol. The van der Waals surface area contributed by atoms with E-state index < -0.39 is 23.6 Å². The number of rotatable bonds is 10. The van der Waals surface area contributed by atoms with Gasteiger partial charge in [0.2, 0.25) is 5.60 Å². The Kier molecular flexibility index (Phi) is 7.84. The standard InChI is InChI=1S/C23H27NO5S2/c1-3-7-16-14-18(17(16)15-24(2)11-10-21(25)26)29-22(27)23(28,20-9-6-13-31-20)19-8-4-5-12-30-19/h4,6,8-9,12-13,15-16,18,28H,3,7,10-11,14H2,1-2H3,(H,25,26)/b17-15+. The van der Waals surface area contributed by atoms with Crippen molar-refractivity contribution in [3.8, 4) is 0 Å². The molecule has 0 aromatic carbocycles. The zero-order chi connectivity index (χ0) is 22.4. The van der Waals surface area contributed by atoms with Crippen molar-refractivity contribution in [3.63, 3.8) is 0 Å². The third-order valence-corrected chi connectivity index (χ3v) is 7.31. The van der Waals surface area contributed by atoms with E-state index in [-0.39, 0.29) is 6.42 Å². The van der Waals surface area contributed by atoms with Gasteiger partial charge in [0.1, 0.15) is 6.10 Å². The Hall–Kier alpha value is -2.25. The highest BCUT2D eigenvalue weighted by atomic mass is 32.2. The van der Waals surface area contributed by atoms with E-state index in [2.05, 4.69) is 12.7 Å². The Morgan fingerprint density at radius 3 is 2.87 bits per heavy atom. The molecule has 3 atom stereocenters. The molecule has 1 fully saturated rings. The first-order chi connectivity index (χ1) is 14.9. The minimum atomic E-state index is -1.87.